The third kappa shape index (κ3) is 4.74. The van der Waals surface area contributed by atoms with E-state index in [4.69, 9.17) is 4.74 Å². The molecular formula is C16H24F3NO4S. The van der Waals surface area contributed by atoms with Gasteiger partial charge in [0, 0.05) is 0 Å². The lowest BCUT2D eigenvalue weighted by atomic mass is 9.50. The molecular weight excluding hydrogens is 359 g/mol. The first-order chi connectivity index (χ1) is 11.6. The molecule has 0 aliphatic heterocycles. The molecule has 4 aliphatic rings. The largest absolute Gasteiger partial charge is 0.451 e. The van der Waals surface area contributed by atoms with Crippen molar-refractivity contribution in [1.29, 1.82) is 0 Å². The molecule has 0 aromatic rings. The van der Waals surface area contributed by atoms with E-state index in [1.165, 1.54) is 19.3 Å². The van der Waals surface area contributed by atoms with E-state index in [1.807, 2.05) is 0 Å². The second-order valence-corrected chi connectivity index (χ2v) is 9.96. The number of hydrogen-bond acceptors (Lipinski definition) is 4. The van der Waals surface area contributed by atoms with Crippen LogP contribution < -0.4 is 4.72 Å². The Morgan fingerprint density at radius 2 is 1.60 bits per heavy atom. The number of sulfonamides is 1. The van der Waals surface area contributed by atoms with Crippen LogP contribution >= 0.6 is 0 Å². The summed E-state index contributed by atoms with van der Waals surface area (Å²) in [6.45, 7) is -0.814. The molecule has 0 radical (unpaired) electrons. The SMILES string of the molecule is O=C(CNS(=O)(=O)CCOCC12CC3CC(CC(C3)C1)C2)C(F)(F)F. The van der Waals surface area contributed by atoms with E-state index >= 15 is 0 Å². The van der Waals surface area contributed by atoms with Crippen molar-refractivity contribution in [2.75, 3.05) is 25.5 Å². The number of ether oxygens (including phenoxy) is 1. The van der Waals surface area contributed by atoms with Crippen LogP contribution in [0, 0.1) is 23.2 Å². The Balaban J connectivity index is 1.40. The summed E-state index contributed by atoms with van der Waals surface area (Å²) in [7, 11) is -3.96. The zero-order chi connectivity index (χ0) is 18.3. The van der Waals surface area contributed by atoms with Crippen molar-refractivity contribution < 1.29 is 31.1 Å². The van der Waals surface area contributed by atoms with E-state index in [0.717, 1.165) is 37.0 Å². The van der Waals surface area contributed by atoms with Gasteiger partial charge >= 0.3 is 6.18 Å². The highest BCUT2D eigenvalue weighted by Crippen LogP contribution is 2.59. The number of halogens is 3. The molecule has 4 aliphatic carbocycles. The summed E-state index contributed by atoms with van der Waals surface area (Å²) in [5, 5.41) is 0. The number of rotatable bonds is 8. The third-order valence-electron chi connectivity index (χ3n) is 5.84. The van der Waals surface area contributed by atoms with E-state index in [2.05, 4.69) is 0 Å². The lowest BCUT2D eigenvalue weighted by molar-refractivity contribution is -0.169. The van der Waals surface area contributed by atoms with Crippen LogP contribution in [0.15, 0.2) is 0 Å². The molecule has 1 N–H and O–H groups in total. The zero-order valence-corrected chi connectivity index (χ0v) is 14.8. The molecule has 9 heteroatoms. The maximum absolute atomic E-state index is 12.1. The van der Waals surface area contributed by atoms with Gasteiger partial charge in [0.1, 0.15) is 0 Å². The van der Waals surface area contributed by atoms with Crippen molar-refractivity contribution in [2.24, 2.45) is 23.2 Å². The van der Waals surface area contributed by atoms with Gasteiger partial charge < -0.3 is 4.74 Å². The average molecular weight is 383 g/mol. The maximum atomic E-state index is 12.1. The van der Waals surface area contributed by atoms with Gasteiger partial charge in [0.2, 0.25) is 10.0 Å². The molecule has 144 valence electrons. The highest BCUT2D eigenvalue weighted by atomic mass is 32.2. The third-order valence-corrected chi connectivity index (χ3v) is 7.13. The van der Waals surface area contributed by atoms with E-state index in [-0.39, 0.29) is 12.0 Å². The first kappa shape index (κ1) is 19.1. The summed E-state index contributed by atoms with van der Waals surface area (Å²) in [4.78, 5) is 10.7. The molecule has 4 rings (SSSR count). The van der Waals surface area contributed by atoms with Gasteiger partial charge in [0.05, 0.1) is 25.5 Å². The minimum Gasteiger partial charge on any atom is -0.380 e. The highest BCUT2D eigenvalue weighted by molar-refractivity contribution is 7.89. The normalized spacial score (nSPS) is 34.4. The maximum Gasteiger partial charge on any atom is 0.451 e. The zero-order valence-electron chi connectivity index (χ0n) is 14.0. The molecule has 4 bridgehead atoms. The Hall–Kier alpha value is -0.670. The number of alkyl halides is 3. The number of nitrogens with one attached hydrogen (secondary N) is 1. The van der Waals surface area contributed by atoms with Crippen LogP contribution in [0.4, 0.5) is 13.2 Å². The predicted molar refractivity (Wildman–Crippen MR) is 84.3 cm³/mol. The number of hydrogen-bond donors (Lipinski definition) is 1. The van der Waals surface area contributed by atoms with Crippen LogP contribution in [-0.2, 0) is 19.6 Å². The molecule has 0 aromatic carbocycles. The number of Topliss-reactive ketones (excluding diaryl/α,β-unsaturated/α-hetero) is 1. The van der Waals surface area contributed by atoms with Gasteiger partial charge in [-0.05, 0) is 61.7 Å². The average Bonchev–Trinajstić information content (AvgIpc) is 2.47. The summed E-state index contributed by atoms with van der Waals surface area (Å²) in [6.07, 6.45) is 2.33. The van der Waals surface area contributed by atoms with Crippen LogP contribution in [0.5, 0.6) is 0 Å². The molecule has 0 unspecified atom stereocenters. The van der Waals surface area contributed by atoms with Gasteiger partial charge in [0.15, 0.2) is 0 Å². The summed E-state index contributed by atoms with van der Waals surface area (Å²) < 4.78 is 66.9. The molecule has 0 spiro atoms. The van der Waals surface area contributed by atoms with Crippen molar-refractivity contribution in [3.8, 4) is 0 Å². The Kier molecular flexibility index (Phi) is 5.20. The lowest BCUT2D eigenvalue weighted by Gasteiger charge is -2.56. The van der Waals surface area contributed by atoms with E-state index < -0.39 is 34.3 Å². The molecule has 4 saturated carbocycles. The van der Waals surface area contributed by atoms with E-state index in [1.54, 1.807) is 4.72 Å². The van der Waals surface area contributed by atoms with Crippen molar-refractivity contribution in [3.05, 3.63) is 0 Å². The molecule has 0 saturated heterocycles. The highest BCUT2D eigenvalue weighted by Gasteiger charge is 2.50. The van der Waals surface area contributed by atoms with E-state index in [9.17, 15) is 26.4 Å². The Labute approximate surface area is 145 Å². The molecule has 0 heterocycles. The van der Waals surface area contributed by atoms with Crippen molar-refractivity contribution >= 4 is 15.8 Å². The molecule has 4 fully saturated rings. The van der Waals surface area contributed by atoms with Gasteiger partial charge in [-0.3, -0.25) is 4.79 Å². The van der Waals surface area contributed by atoms with Gasteiger partial charge in [-0.15, -0.1) is 0 Å². The smallest absolute Gasteiger partial charge is 0.380 e. The topological polar surface area (TPSA) is 72.5 Å². The number of carbonyl (C=O) groups is 1. The fraction of sp³-hybridized carbons (Fsp3) is 0.938. The lowest BCUT2D eigenvalue weighted by Crippen LogP contribution is -2.48. The van der Waals surface area contributed by atoms with Crippen LogP contribution in [0.25, 0.3) is 0 Å². The van der Waals surface area contributed by atoms with Crippen molar-refractivity contribution in [2.45, 2.75) is 44.7 Å². The molecule has 0 atom stereocenters. The number of ketones is 1. The van der Waals surface area contributed by atoms with Crippen LogP contribution in [0.2, 0.25) is 0 Å². The van der Waals surface area contributed by atoms with Gasteiger partial charge in [0.25, 0.3) is 5.78 Å². The first-order valence-electron chi connectivity index (χ1n) is 8.72. The first-order valence-corrected chi connectivity index (χ1v) is 10.4. The van der Waals surface area contributed by atoms with Crippen molar-refractivity contribution in [3.63, 3.8) is 0 Å². The summed E-state index contributed by atoms with van der Waals surface area (Å²) in [6, 6.07) is 0. The molecule has 0 amide bonds. The predicted octanol–water partition coefficient (Wildman–Crippen LogP) is 2.27. The van der Waals surface area contributed by atoms with Crippen LogP contribution in [-0.4, -0.2) is 45.9 Å². The van der Waals surface area contributed by atoms with Crippen LogP contribution in [0.3, 0.4) is 0 Å². The minimum atomic E-state index is -5.03. The van der Waals surface area contributed by atoms with Gasteiger partial charge in [-0.25, -0.2) is 13.1 Å². The molecule has 5 nitrogen and oxygen atoms in total. The summed E-state index contributed by atoms with van der Waals surface area (Å²) >= 11 is 0. The van der Waals surface area contributed by atoms with Gasteiger partial charge in [-0.1, -0.05) is 0 Å². The van der Waals surface area contributed by atoms with E-state index in [0.29, 0.717) is 6.61 Å². The fourth-order valence-corrected chi connectivity index (χ4v) is 6.10. The van der Waals surface area contributed by atoms with Gasteiger partial charge in [-0.2, -0.15) is 13.2 Å². The summed E-state index contributed by atoms with van der Waals surface area (Å²) in [5.41, 5.74) is 0.165. The Morgan fingerprint density at radius 1 is 1.08 bits per heavy atom. The Bertz CT molecular complexity index is 582. The second kappa shape index (κ2) is 6.81. The standard InChI is InChI=1S/C16H24F3NO4S/c17-16(18,19)14(21)9-20-25(22,23)2-1-24-10-15-6-11-3-12(7-15)5-13(4-11)8-15/h11-13,20H,1-10H2. The second-order valence-electron chi connectivity index (χ2n) is 8.03. The Morgan fingerprint density at radius 3 is 2.08 bits per heavy atom. The molecule has 0 aromatic heterocycles. The summed E-state index contributed by atoms with van der Waals surface area (Å²) in [5.74, 6) is -0.230. The molecule has 25 heavy (non-hydrogen) atoms. The minimum absolute atomic E-state index is 0.0721. The fourth-order valence-electron chi connectivity index (χ4n) is 5.27. The number of carbonyl (C=O) groups excluding carboxylic acids is 1. The monoisotopic (exact) mass is 383 g/mol. The van der Waals surface area contributed by atoms with Crippen LogP contribution in [0.1, 0.15) is 38.5 Å². The quantitative estimate of drug-likeness (QED) is 0.653. The van der Waals surface area contributed by atoms with Crippen molar-refractivity contribution in [1.82, 2.24) is 4.72 Å².